The average Bonchev–Trinajstić information content (AvgIpc) is 3.22. The molecule has 208 valence electrons. The highest BCUT2D eigenvalue weighted by Crippen LogP contribution is 2.41. The van der Waals surface area contributed by atoms with Crippen molar-refractivity contribution in [2.24, 2.45) is 0 Å². The fourth-order valence-corrected chi connectivity index (χ4v) is 4.91. The van der Waals surface area contributed by atoms with E-state index in [4.69, 9.17) is 9.47 Å². The van der Waals surface area contributed by atoms with Gasteiger partial charge in [-0.05, 0) is 73.6 Å². The molecule has 0 aliphatic carbocycles. The number of nitrogens with zero attached hydrogens (tertiary/aromatic N) is 2. The van der Waals surface area contributed by atoms with Crippen molar-refractivity contribution < 1.29 is 24.2 Å². The molecule has 1 aliphatic heterocycles. The van der Waals surface area contributed by atoms with E-state index in [2.05, 4.69) is 25.3 Å². The summed E-state index contributed by atoms with van der Waals surface area (Å²) in [4.78, 5) is 30.7. The first-order chi connectivity index (χ1) is 19.4. The van der Waals surface area contributed by atoms with Crippen LogP contribution in [-0.4, -0.2) is 59.4 Å². The Kier molecular flexibility index (Phi) is 9.40. The number of likely N-dealkylation sites (N-methyl/N-ethyl adjacent to an activating group) is 1. The molecule has 0 saturated carbocycles. The van der Waals surface area contributed by atoms with Gasteiger partial charge in [-0.2, -0.15) is 0 Å². The summed E-state index contributed by atoms with van der Waals surface area (Å²) in [6.07, 6.45) is 1.65. The van der Waals surface area contributed by atoms with Crippen LogP contribution in [0.2, 0.25) is 0 Å². The van der Waals surface area contributed by atoms with Gasteiger partial charge in [-0.3, -0.25) is 9.59 Å². The summed E-state index contributed by atoms with van der Waals surface area (Å²) in [6.45, 7) is 12.6. The van der Waals surface area contributed by atoms with Gasteiger partial charge in [0, 0.05) is 18.7 Å². The molecule has 1 atom stereocenters. The number of benzene rings is 3. The number of para-hydroxylation sites is 1. The number of aliphatic hydroxyl groups is 1. The lowest BCUT2D eigenvalue weighted by Gasteiger charge is -2.28. The summed E-state index contributed by atoms with van der Waals surface area (Å²) >= 11 is 0. The van der Waals surface area contributed by atoms with Crippen LogP contribution < -0.4 is 9.47 Å². The van der Waals surface area contributed by atoms with E-state index in [9.17, 15) is 14.7 Å². The minimum atomic E-state index is -0.772. The molecule has 1 saturated heterocycles. The van der Waals surface area contributed by atoms with E-state index in [0.29, 0.717) is 53.6 Å². The number of carbonyl (C=O) groups is 2. The van der Waals surface area contributed by atoms with Crippen molar-refractivity contribution >= 4 is 17.4 Å². The van der Waals surface area contributed by atoms with Gasteiger partial charge in [0.15, 0.2) is 0 Å². The van der Waals surface area contributed by atoms with Gasteiger partial charge in [-0.25, -0.2) is 0 Å². The number of likely N-dealkylation sites (tertiary alicyclic amines) is 1. The second-order valence-electron chi connectivity index (χ2n) is 9.58. The molecule has 40 heavy (non-hydrogen) atoms. The van der Waals surface area contributed by atoms with Gasteiger partial charge in [-0.15, -0.1) is 0 Å². The number of Topliss-reactive ketones (excluding diaryl/α,β-unsaturated/α-hetero) is 1. The zero-order valence-corrected chi connectivity index (χ0v) is 23.3. The molecule has 0 unspecified atom stereocenters. The van der Waals surface area contributed by atoms with Crippen LogP contribution in [0.1, 0.15) is 36.6 Å². The third-order valence-corrected chi connectivity index (χ3v) is 7.07. The lowest BCUT2D eigenvalue weighted by atomic mass is 9.93. The summed E-state index contributed by atoms with van der Waals surface area (Å²) in [5.74, 6) is 0.314. The lowest BCUT2D eigenvalue weighted by Crippen LogP contribution is -2.38. The van der Waals surface area contributed by atoms with Gasteiger partial charge in [0.25, 0.3) is 11.7 Å². The number of ketones is 1. The number of rotatable bonds is 12. The molecule has 1 aliphatic rings. The van der Waals surface area contributed by atoms with Crippen LogP contribution in [0.15, 0.2) is 91.0 Å². The number of ether oxygens (including phenoxy) is 2. The van der Waals surface area contributed by atoms with E-state index in [0.717, 1.165) is 13.1 Å². The first kappa shape index (κ1) is 28.6. The Morgan fingerprint density at radius 2 is 1.70 bits per heavy atom. The molecule has 1 N–H and O–H groups in total. The molecule has 7 nitrogen and oxygen atoms in total. The highest BCUT2D eigenvalue weighted by atomic mass is 16.5. The van der Waals surface area contributed by atoms with E-state index in [1.807, 2.05) is 61.5 Å². The molecule has 0 aromatic heterocycles. The molecule has 1 heterocycles. The third-order valence-electron chi connectivity index (χ3n) is 7.07. The summed E-state index contributed by atoms with van der Waals surface area (Å²) in [5, 5.41) is 11.6. The molecule has 3 aromatic carbocycles. The predicted octanol–water partition coefficient (Wildman–Crippen LogP) is 6.12. The molecular formula is C33H36N2O5. The first-order valence-corrected chi connectivity index (χ1v) is 13.6. The monoisotopic (exact) mass is 540 g/mol. The van der Waals surface area contributed by atoms with E-state index in [1.165, 1.54) is 0 Å². The number of hydrogen-bond acceptors (Lipinski definition) is 6. The van der Waals surface area contributed by atoms with Crippen molar-refractivity contribution in [3.05, 3.63) is 108 Å². The summed E-state index contributed by atoms with van der Waals surface area (Å²) in [5.41, 5.74) is 1.92. The quantitative estimate of drug-likeness (QED) is 0.129. The van der Waals surface area contributed by atoms with Crippen LogP contribution in [0.25, 0.3) is 5.76 Å². The fourth-order valence-electron chi connectivity index (χ4n) is 4.91. The lowest BCUT2D eigenvalue weighted by molar-refractivity contribution is -0.140. The predicted molar refractivity (Wildman–Crippen MR) is 157 cm³/mol. The number of aryl methyl sites for hydroxylation is 1. The molecule has 3 aromatic rings. The van der Waals surface area contributed by atoms with Crippen molar-refractivity contribution in [2.75, 3.05) is 32.8 Å². The van der Waals surface area contributed by atoms with Gasteiger partial charge in [0.2, 0.25) is 0 Å². The summed E-state index contributed by atoms with van der Waals surface area (Å²) in [6, 6.07) is 21.2. The molecule has 4 rings (SSSR count). The maximum Gasteiger partial charge on any atom is 0.295 e. The number of amides is 1. The minimum Gasteiger partial charge on any atom is -0.507 e. The Bertz CT molecular complexity index is 1390. The van der Waals surface area contributed by atoms with Gasteiger partial charge in [-0.1, -0.05) is 56.8 Å². The molecule has 7 heteroatoms. The molecule has 1 amide bonds. The number of carbonyl (C=O) groups excluding carboxylic acids is 2. The molecule has 0 radical (unpaired) electrons. The van der Waals surface area contributed by atoms with Crippen LogP contribution in [0, 0.1) is 6.92 Å². The largest absolute Gasteiger partial charge is 0.507 e. The van der Waals surface area contributed by atoms with Gasteiger partial charge >= 0.3 is 0 Å². The number of hydrogen-bond donors (Lipinski definition) is 1. The van der Waals surface area contributed by atoms with Crippen molar-refractivity contribution in [3.63, 3.8) is 0 Å². The van der Waals surface area contributed by atoms with Gasteiger partial charge < -0.3 is 24.4 Å². The third kappa shape index (κ3) is 6.26. The topological polar surface area (TPSA) is 79.3 Å². The van der Waals surface area contributed by atoms with E-state index >= 15 is 0 Å². The second kappa shape index (κ2) is 13.1. The Labute approximate surface area is 235 Å². The van der Waals surface area contributed by atoms with Gasteiger partial charge in [0.05, 0.1) is 11.6 Å². The van der Waals surface area contributed by atoms with Crippen LogP contribution in [0.5, 0.6) is 17.2 Å². The van der Waals surface area contributed by atoms with Crippen molar-refractivity contribution in [3.8, 4) is 17.2 Å². The van der Waals surface area contributed by atoms with Crippen LogP contribution in [-0.2, 0) is 9.59 Å². The first-order valence-electron chi connectivity index (χ1n) is 13.6. The second-order valence-corrected chi connectivity index (χ2v) is 9.58. The smallest absolute Gasteiger partial charge is 0.295 e. The maximum atomic E-state index is 13.5. The van der Waals surface area contributed by atoms with Gasteiger partial charge in [0.1, 0.15) is 29.6 Å². The summed E-state index contributed by atoms with van der Waals surface area (Å²) in [7, 11) is 0. The van der Waals surface area contributed by atoms with E-state index in [-0.39, 0.29) is 11.3 Å². The SMILES string of the molecule is C=CCOc1ccc(C(O)=C2C(=O)C(=O)N(CCN(CC)CC)[C@@H]2c2cccc(Oc3ccccc3)c2)c(C)c1. The highest BCUT2D eigenvalue weighted by Gasteiger charge is 2.46. The zero-order valence-electron chi connectivity index (χ0n) is 23.3. The normalized spacial score (nSPS) is 16.4. The standard InChI is InChI=1S/C33H36N2O5/c1-5-20-39-26-16-17-28(23(4)21-26)31(36)29-30(35(33(38)32(29)37)19-18-34(6-2)7-3)24-12-11-15-27(22-24)40-25-13-9-8-10-14-25/h5,8-17,21-22,30,36H,1,6-7,18-20H2,2-4H3/t30-/m1/s1. The zero-order chi connectivity index (χ0) is 28.6. The summed E-state index contributed by atoms with van der Waals surface area (Å²) < 4.78 is 11.7. The molecule has 0 bridgehead atoms. The maximum absolute atomic E-state index is 13.5. The van der Waals surface area contributed by atoms with Crippen molar-refractivity contribution in [1.82, 2.24) is 9.80 Å². The van der Waals surface area contributed by atoms with Crippen LogP contribution in [0.4, 0.5) is 0 Å². The Morgan fingerprint density at radius 3 is 2.38 bits per heavy atom. The number of aliphatic hydroxyl groups excluding tert-OH is 1. The van der Waals surface area contributed by atoms with Crippen LogP contribution >= 0.6 is 0 Å². The Morgan fingerprint density at radius 1 is 0.975 bits per heavy atom. The highest BCUT2D eigenvalue weighted by molar-refractivity contribution is 6.46. The molecular weight excluding hydrogens is 504 g/mol. The fraction of sp³-hybridized carbons (Fsp3) is 0.273. The van der Waals surface area contributed by atoms with Crippen molar-refractivity contribution in [2.45, 2.75) is 26.8 Å². The molecule has 1 fully saturated rings. The van der Waals surface area contributed by atoms with E-state index < -0.39 is 17.7 Å². The average molecular weight is 541 g/mol. The Balaban J connectivity index is 1.78. The minimum absolute atomic E-state index is 0.0595. The molecule has 0 spiro atoms. The van der Waals surface area contributed by atoms with Crippen LogP contribution in [0.3, 0.4) is 0 Å². The van der Waals surface area contributed by atoms with Crippen molar-refractivity contribution in [1.29, 1.82) is 0 Å². The Hall–Kier alpha value is -4.36. The van der Waals surface area contributed by atoms with E-state index in [1.54, 1.807) is 29.2 Å².